The summed E-state index contributed by atoms with van der Waals surface area (Å²) in [6, 6.07) is 29.1. The van der Waals surface area contributed by atoms with Crippen LogP contribution in [0.4, 0.5) is 0 Å². The van der Waals surface area contributed by atoms with Crippen molar-refractivity contribution in [1.82, 2.24) is 0 Å². The van der Waals surface area contributed by atoms with Crippen LogP contribution < -0.4 is 36.9 Å². The Labute approximate surface area is 250 Å². The number of methoxy groups -OCH3 is 4. The molecule has 1 saturated heterocycles. The van der Waals surface area contributed by atoms with E-state index in [-0.39, 0.29) is 0 Å². The number of hydrogen-bond donors (Lipinski definition) is 0. The molecule has 4 aromatic rings. The van der Waals surface area contributed by atoms with Gasteiger partial charge in [-0.2, -0.15) is 0 Å². The molecular weight excluding hydrogens is 555 g/mol. The highest BCUT2D eigenvalue weighted by atomic mass is 27.2. The highest BCUT2D eigenvalue weighted by Crippen LogP contribution is 2.38. The molecule has 5 rings (SSSR count). The molecular formula is C32H33AlO9. The van der Waals surface area contributed by atoms with Gasteiger partial charge in [0.1, 0.15) is 40.2 Å². The topological polar surface area (TPSA) is 83.1 Å². The van der Waals surface area contributed by atoms with Gasteiger partial charge in [-0.15, -0.1) is 0 Å². The van der Waals surface area contributed by atoms with Crippen molar-refractivity contribution < 1.29 is 40.7 Å². The summed E-state index contributed by atoms with van der Waals surface area (Å²) in [5.74, 6) is 3.45. The SMILES string of the molecule is COc1ccc(OC2C[CH2][Al]([O]c3ccc(OC)cc3)[O]C2(Oc2ccc(OC)cc2)Oc2ccc(OC)cc2)cc1. The molecule has 0 radical (unpaired) electrons. The van der Waals surface area contributed by atoms with Crippen molar-refractivity contribution in [3.05, 3.63) is 97.1 Å². The molecule has 0 saturated carbocycles. The van der Waals surface area contributed by atoms with Gasteiger partial charge in [-0.1, -0.05) is 0 Å². The van der Waals surface area contributed by atoms with Gasteiger partial charge in [0.25, 0.3) is 0 Å². The second kappa shape index (κ2) is 13.6. The third-order valence-corrected chi connectivity index (χ3v) is 8.59. The maximum Gasteiger partial charge on any atom is 0.770 e. The summed E-state index contributed by atoms with van der Waals surface area (Å²) in [5, 5.41) is 0.645. The van der Waals surface area contributed by atoms with Crippen molar-refractivity contribution in [2.24, 2.45) is 0 Å². The summed E-state index contributed by atoms with van der Waals surface area (Å²) >= 11 is -2.42. The van der Waals surface area contributed by atoms with Gasteiger partial charge >= 0.3 is 20.8 Å². The fraction of sp³-hybridized carbons (Fsp3) is 0.250. The Bertz CT molecular complexity index is 1340. The molecule has 0 bridgehead atoms. The average molecular weight is 589 g/mol. The predicted molar refractivity (Wildman–Crippen MR) is 157 cm³/mol. The number of hydrogen-bond acceptors (Lipinski definition) is 9. The van der Waals surface area contributed by atoms with Crippen LogP contribution >= 0.6 is 0 Å². The van der Waals surface area contributed by atoms with Gasteiger partial charge in [-0.3, -0.25) is 0 Å². The third kappa shape index (κ3) is 7.15. The minimum Gasteiger partial charge on any atom is -0.621 e. The quantitative estimate of drug-likeness (QED) is 0.141. The van der Waals surface area contributed by atoms with Crippen LogP contribution in [0.5, 0.6) is 46.0 Å². The van der Waals surface area contributed by atoms with Crippen LogP contribution in [-0.4, -0.2) is 55.3 Å². The first kappa shape index (κ1) is 29.3. The Balaban J connectivity index is 1.50. The molecule has 1 heterocycles. The molecule has 1 aliphatic rings. The molecule has 0 aromatic heterocycles. The second-order valence-electron chi connectivity index (χ2n) is 9.36. The fourth-order valence-electron chi connectivity index (χ4n) is 4.44. The van der Waals surface area contributed by atoms with Crippen LogP contribution in [0, 0.1) is 0 Å². The first-order chi connectivity index (χ1) is 20.5. The minimum absolute atomic E-state index is 0.506. The monoisotopic (exact) mass is 588 g/mol. The maximum atomic E-state index is 6.71. The van der Waals surface area contributed by atoms with Crippen LogP contribution in [0.15, 0.2) is 97.1 Å². The van der Waals surface area contributed by atoms with E-state index in [4.69, 9.17) is 40.7 Å². The molecule has 0 N–H and O–H groups in total. The van der Waals surface area contributed by atoms with Crippen LogP contribution in [0.1, 0.15) is 6.42 Å². The highest BCUT2D eigenvalue weighted by molar-refractivity contribution is 6.45. The molecule has 0 aliphatic carbocycles. The van der Waals surface area contributed by atoms with Crippen molar-refractivity contribution in [1.29, 1.82) is 0 Å². The average Bonchev–Trinajstić information content (AvgIpc) is 3.04. The van der Waals surface area contributed by atoms with Gasteiger partial charge < -0.3 is 40.7 Å². The second-order valence-corrected chi connectivity index (χ2v) is 11.3. The van der Waals surface area contributed by atoms with E-state index in [2.05, 4.69) is 0 Å². The van der Waals surface area contributed by atoms with Gasteiger partial charge in [0.15, 0.2) is 0 Å². The van der Waals surface area contributed by atoms with Gasteiger partial charge in [0.05, 0.1) is 34.2 Å². The van der Waals surface area contributed by atoms with Gasteiger partial charge in [-0.05, 0) is 109 Å². The first-order valence-electron chi connectivity index (χ1n) is 13.5. The summed E-state index contributed by atoms with van der Waals surface area (Å²) in [6.45, 7) is 0. The van der Waals surface area contributed by atoms with E-state index in [1.54, 1.807) is 77.0 Å². The molecule has 1 atom stereocenters. The molecule has 1 aliphatic heterocycles. The highest BCUT2D eigenvalue weighted by Gasteiger charge is 2.57. The molecule has 10 heteroatoms. The van der Waals surface area contributed by atoms with E-state index in [0.29, 0.717) is 46.2 Å². The maximum absolute atomic E-state index is 6.71. The molecule has 1 unspecified atom stereocenters. The Morgan fingerprint density at radius 1 is 0.524 bits per heavy atom. The van der Waals surface area contributed by atoms with Crippen molar-refractivity contribution >= 4 is 14.8 Å². The summed E-state index contributed by atoms with van der Waals surface area (Å²) in [4.78, 5) is 0. The summed E-state index contributed by atoms with van der Waals surface area (Å²) in [7, 11) is 6.47. The number of benzene rings is 4. The van der Waals surface area contributed by atoms with Crippen molar-refractivity contribution in [3.8, 4) is 46.0 Å². The molecule has 42 heavy (non-hydrogen) atoms. The number of ether oxygens (including phenoxy) is 7. The van der Waals surface area contributed by atoms with E-state index in [0.717, 1.165) is 11.5 Å². The third-order valence-electron chi connectivity index (χ3n) is 6.66. The Morgan fingerprint density at radius 2 is 0.881 bits per heavy atom. The first-order valence-corrected chi connectivity index (χ1v) is 15.2. The summed E-state index contributed by atoms with van der Waals surface area (Å²) in [6.07, 6.45) is -0.121. The molecule has 0 amide bonds. The largest absolute Gasteiger partial charge is 0.770 e. The zero-order chi connectivity index (χ0) is 29.4. The molecule has 4 aromatic carbocycles. The summed E-state index contributed by atoms with van der Waals surface area (Å²) in [5.41, 5.74) is 0. The lowest BCUT2D eigenvalue weighted by Crippen LogP contribution is -2.63. The number of rotatable bonds is 12. The van der Waals surface area contributed by atoms with E-state index < -0.39 is 26.9 Å². The molecule has 9 nitrogen and oxygen atoms in total. The fourth-order valence-corrected chi connectivity index (χ4v) is 6.37. The lowest BCUT2D eigenvalue weighted by molar-refractivity contribution is -0.310. The lowest BCUT2D eigenvalue weighted by atomic mass is 10.2. The Kier molecular flexibility index (Phi) is 9.49. The van der Waals surface area contributed by atoms with Crippen LogP contribution in [-0.2, 0) is 3.79 Å². The predicted octanol–water partition coefficient (Wildman–Crippen LogP) is 6.27. The standard InChI is InChI=1S/C25H26O7.C7H8O2.Al/c1-5-24(30-21-12-6-18(27-2)7-13-21)25(26,31-22-14-8-19(28-3)9-15-22)32-23-16-10-20(29-4)11-17-23;1-9-7-4-2-6(8)3-5-7;/h6-17,24H,1,5H2,2-4H3;2-5,8H,1H3;/q-1;;+2/p-1. The van der Waals surface area contributed by atoms with Crippen LogP contribution in [0.2, 0.25) is 5.28 Å². The zero-order valence-corrected chi connectivity index (χ0v) is 25.1. The molecule has 218 valence electrons. The Morgan fingerprint density at radius 3 is 1.29 bits per heavy atom. The lowest BCUT2D eigenvalue weighted by Gasteiger charge is -2.43. The molecule has 1 fully saturated rings. The van der Waals surface area contributed by atoms with E-state index in [9.17, 15) is 0 Å². The van der Waals surface area contributed by atoms with Gasteiger partial charge in [0, 0.05) is 0 Å². The van der Waals surface area contributed by atoms with Gasteiger partial charge in [-0.25, -0.2) is 0 Å². The smallest absolute Gasteiger partial charge is 0.621 e. The van der Waals surface area contributed by atoms with Crippen LogP contribution in [0.3, 0.4) is 0 Å². The zero-order valence-electron chi connectivity index (χ0n) is 24.0. The Hall–Kier alpha value is -4.23. The minimum atomic E-state index is -2.42. The van der Waals surface area contributed by atoms with Crippen LogP contribution in [0.25, 0.3) is 0 Å². The van der Waals surface area contributed by atoms with E-state index in [1.165, 1.54) is 0 Å². The van der Waals surface area contributed by atoms with E-state index >= 15 is 0 Å². The van der Waals surface area contributed by atoms with Crippen molar-refractivity contribution in [2.75, 3.05) is 28.4 Å². The van der Waals surface area contributed by atoms with Gasteiger partial charge in [0.2, 0.25) is 6.10 Å². The van der Waals surface area contributed by atoms with Crippen molar-refractivity contribution in [3.63, 3.8) is 0 Å². The summed E-state index contributed by atoms with van der Waals surface area (Å²) < 4.78 is 54.0. The normalized spacial score (nSPS) is 15.7. The van der Waals surface area contributed by atoms with E-state index in [1.807, 2.05) is 48.5 Å². The molecule has 0 spiro atoms. The van der Waals surface area contributed by atoms with Crippen molar-refractivity contribution in [2.45, 2.75) is 23.8 Å².